The van der Waals surface area contributed by atoms with Crippen molar-refractivity contribution in [1.29, 1.82) is 0 Å². The van der Waals surface area contributed by atoms with Crippen LogP contribution in [0.3, 0.4) is 0 Å². The largest absolute Gasteiger partial charge is 0.493 e. The van der Waals surface area contributed by atoms with Crippen molar-refractivity contribution in [2.45, 2.75) is 46.4 Å². The van der Waals surface area contributed by atoms with E-state index in [-0.39, 0.29) is 11.5 Å². The lowest BCUT2D eigenvalue weighted by Crippen LogP contribution is -2.36. The molecule has 1 aromatic heterocycles. The predicted octanol–water partition coefficient (Wildman–Crippen LogP) is 3.27. The monoisotopic (exact) mass is 396 g/mol. The fourth-order valence-electron chi connectivity index (χ4n) is 2.74. The van der Waals surface area contributed by atoms with Gasteiger partial charge in [0.2, 0.25) is 0 Å². The first kappa shape index (κ1) is 21.5. The van der Waals surface area contributed by atoms with Crippen molar-refractivity contribution in [3.8, 4) is 11.5 Å². The highest BCUT2D eigenvalue weighted by Gasteiger charge is 2.14. The molecule has 9 heteroatoms. The molecule has 2 rings (SSSR count). The van der Waals surface area contributed by atoms with Crippen LogP contribution in [0.15, 0.2) is 27.7 Å². The van der Waals surface area contributed by atoms with Crippen molar-refractivity contribution in [3.05, 3.63) is 40.8 Å². The summed E-state index contributed by atoms with van der Waals surface area (Å²) < 4.78 is 40.0. The highest BCUT2D eigenvalue weighted by Crippen LogP contribution is 2.29. The van der Waals surface area contributed by atoms with Crippen molar-refractivity contribution >= 4 is 5.96 Å². The van der Waals surface area contributed by atoms with E-state index in [9.17, 15) is 8.78 Å². The molecule has 0 fully saturated rings. The Morgan fingerprint density at radius 3 is 2.54 bits per heavy atom. The molecule has 1 heterocycles. The minimum atomic E-state index is -2.92. The Kier molecular flexibility index (Phi) is 8.03. The van der Waals surface area contributed by atoms with Crippen LogP contribution in [-0.4, -0.2) is 31.9 Å². The normalized spacial score (nSPS) is 11.6. The fourth-order valence-corrected chi connectivity index (χ4v) is 2.74. The van der Waals surface area contributed by atoms with Gasteiger partial charge in [0.15, 0.2) is 17.5 Å². The molecule has 0 atom stereocenters. The molecule has 0 bridgehead atoms. The molecule has 7 nitrogen and oxygen atoms in total. The first-order valence-corrected chi connectivity index (χ1v) is 9.04. The Labute approximate surface area is 163 Å². The first-order chi connectivity index (χ1) is 13.5. The van der Waals surface area contributed by atoms with Crippen molar-refractivity contribution in [2.24, 2.45) is 4.99 Å². The van der Waals surface area contributed by atoms with Gasteiger partial charge < -0.3 is 24.6 Å². The average Bonchev–Trinajstić information content (AvgIpc) is 3.09. The lowest BCUT2D eigenvalue weighted by molar-refractivity contribution is -0.0512. The minimum Gasteiger partial charge on any atom is -0.493 e. The van der Waals surface area contributed by atoms with Crippen LogP contribution >= 0.6 is 0 Å². The third-order valence-electron chi connectivity index (χ3n) is 4.17. The van der Waals surface area contributed by atoms with Crippen LogP contribution in [0.4, 0.5) is 8.78 Å². The van der Waals surface area contributed by atoms with Gasteiger partial charge in [0.1, 0.15) is 5.76 Å². The molecule has 154 valence electrons. The molecule has 0 aliphatic rings. The van der Waals surface area contributed by atoms with Gasteiger partial charge in [-0.25, -0.2) is 0 Å². The van der Waals surface area contributed by atoms with Crippen molar-refractivity contribution < 1.29 is 22.8 Å². The minimum absolute atomic E-state index is 0.00982. The molecule has 0 saturated heterocycles. The van der Waals surface area contributed by atoms with Crippen LogP contribution in [0.5, 0.6) is 11.5 Å². The third kappa shape index (κ3) is 5.58. The van der Waals surface area contributed by atoms with Crippen molar-refractivity contribution in [3.63, 3.8) is 0 Å². The van der Waals surface area contributed by atoms with Crippen LogP contribution < -0.4 is 20.1 Å². The number of aliphatic imine (C=N–C) groups is 1. The average molecular weight is 396 g/mol. The van der Waals surface area contributed by atoms with Gasteiger partial charge in [-0.1, -0.05) is 25.1 Å². The number of halogens is 2. The van der Waals surface area contributed by atoms with E-state index in [1.807, 2.05) is 13.8 Å². The van der Waals surface area contributed by atoms with E-state index in [1.165, 1.54) is 13.2 Å². The molecule has 0 aliphatic carbocycles. The highest BCUT2D eigenvalue weighted by atomic mass is 19.3. The van der Waals surface area contributed by atoms with Gasteiger partial charge in [0.05, 0.1) is 12.8 Å². The summed E-state index contributed by atoms with van der Waals surface area (Å²) in [5.74, 6) is 1.66. The zero-order valence-corrected chi connectivity index (χ0v) is 16.5. The molecule has 28 heavy (non-hydrogen) atoms. The zero-order chi connectivity index (χ0) is 20.5. The first-order valence-electron chi connectivity index (χ1n) is 9.04. The molecular formula is C19H26F2N4O3. The van der Waals surface area contributed by atoms with Crippen LogP contribution in [0.25, 0.3) is 0 Å². The van der Waals surface area contributed by atoms with E-state index in [0.29, 0.717) is 19.0 Å². The number of aryl methyl sites for hydroxylation is 2. The summed E-state index contributed by atoms with van der Waals surface area (Å²) in [6.45, 7) is 2.01. The van der Waals surface area contributed by atoms with E-state index in [2.05, 4.69) is 25.5 Å². The predicted molar refractivity (Wildman–Crippen MR) is 102 cm³/mol. The lowest BCUT2D eigenvalue weighted by Gasteiger charge is -2.14. The SMILES string of the molecule is CCc1noc(CC)c1CNC(=NC)NCc1ccc(OC)c(OC(F)F)c1. The smallest absolute Gasteiger partial charge is 0.387 e. The maximum Gasteiger partial charge on any atom is 0.387 e. The summed E-state index contributed by atoms with van der Waals surface area (Å²) in [5, 5.41) is 10.5. The van der Waals surface area contributed by atoms with Crippen LogP contribution in [-0.2, 0) is 25.9 Å². The number of alkyl halides is 2. The summed E-state index contributed by atoms with van der Waals surface area (Å²) >= 11 is 0. The maximum absolute atomic E-state index is 12.6. The number of nitrogens with zero attached hydrogens (tertiary/aromatic N) is 2. The summed E-state index contributed by atoms with van der Waals surface area (Å²) in [5.41, 5.74) is 2.70. The fraction of sp³-hybridized carbons (Fsp3) is 0.474. The van der Waals surface area contributed by atoms with Gasteiger partial charge in [-0.05, 0) is 24.1 Å². The molecule has 0 unspecified atom stereocenters. The van der Waals surface area contributed by atoms with Gasteiger partial charge >= 0.3 is 6.61 Å². The van der Waals surface area contributed by atoms with Crippen LogP contribution in [0, 0.1) is 0 Å². The Balaban J connectivity index is 2.00. The second-order valence-electron chi connectivity index (χ2n) is 5.88. The van der Waals surface area contributed by atoms with E-state index in [4.69, 9.17) is 9.26 Å². The molecular weight excluding hydrogens is 370 g/mol. The summed E-state index contributed by atoms with van der Waals surface area (Å²) in [4.78, 5) is 4.19. The van der Waals surface area contributed by atoms with Crippen molar-refractivity contribution in [2.75, 3.05) is 14.2 Å². The molecule has 0 saturated carbocycles. The maximum atomic E-state index is 12.6. The van der Waals surface area contributed by atoms with E-state index >= 15 is 0 Å². The second-order valence-corrected chi connectivity index (χ2v) is 5.88. The third-order valence-corrected chi connectivity index (χ3v) is 4.17. The van der Waals surface area contributed by atoms with Crippen molar-refractivity contribution in [1.82, 2.24) is 15.8 Å². The van der Waals surface area contributed by atoms with Gasteiger partial charge in [-0.2, -0.15) is 8.78 Å². The molecule has 0 aliphatic heterocycles. The lowest BCUT2D eigenvalue weighted by atomic mass is 10.1. The Morgan fingerprint density at radius 1 is 1.18 bits per heavy atom. The van der Waals surface area contributed by atoms with Gasteiger partial charge in [0, 0.05) is 32.1 Å². The van der Waals surface area contributed by atoms with Gasteiger partial charge in [0.25, 0.3) is 0 Å². The summed E-state index contributed by atoms with van der Waals surface area (Å²) in [6.07, 6.45) is 1.54. The van der Waals surface area contributed by atoms with E-state index in [0.717, 1.165) is 35.4 Å². The number of ether oxygens (including phenoxy) is 2. The zero-order valence-electron chi connectivity index (χ0n) is 16.5. The molecule has 0 radical (unpaired) electrons. The second kappa shape index (κ2) is 10.5. The number of guanidine groups is 1. The quantitative estimate of drug-likeness (QED) is 0.500. The molecule has 1 aromatic carbocycles. The number of aromatic nitrogens is 1. The van der Waals surface area contributed by atoms with E-state index < -0.39 is 6.61 Å². The molecule has 2 aromatic rings. The number of hydrogen-bond donors (Lipinski definition) is 2. The molecule has 0 spiro atoms. The number of nitrogens with one attached hydrogen (secondary N) is 2. The van der Waals surface area contributed by atoms with Gasteiger partial charge in [-0.3, -0.25) is 4.99 Å². The summed E-state index contributed by atoms with van der Waals surface area (Å²) in [7, 11) is 3.06. The number of benzene rings is 1. The standard InChI is InChI=1S/C19H26F2N4O3/c1-5-14-13(15(6-2)28-25-14)11-24-19(22-3)23-10-12-7-8-16(26-4)17(9-12)27-18(20)21/h7-9,18H,5-6,10-11H2,1-4H3,(H2,22,23,24). The number of hydrogen-bond acceptors (Lipinski definition) is 5. The van der Waals surface area contributed by atoms with Crippen LogP contribution in [0.1, 0.15) is 36.4 Å². The van der Waals surface area contributed by atoms with E-state index in [1.54, 1.807) is 19.2 Å². The Bertz CT molecular complexity index is 772. The number of methoxy groups -OCH3 is 1. The van der Waals surface area contributed by atoms with Gasteiger partial charge in [-0.15, -0.1) is 0 Å². The highest BCUT2D eigenvalue weighted by molar-refractivity contribution is 5.79. The topological polar surface area (TPSA) is 80.9 Å². The van der Waals surface area contributed by atoms with Crippen LogP contribution in [0.2, 0.25) is 0 Å². The molecule has 2 N–H and O–H groups in total. The number of rotatable bonds is 9. The summed E-state index contributed by atoms with van der Waals surface area (Å²) in [6, 6.07) is 4.86. The molecule has 0 amide bonds. The Hall–Kier alpha value is -2.84. The Morgan fingerprint density at radius 2 is 1.93 bits per heavy atom.